The van der Waals surface area contributed by atoms with Gasteiger partial charge in [-0.25, -0.2) is 4.99 Å². The molecule has 1 aromatic heterocycles. The molecule has 0 fully saturated rings. The number of aliphatic imine (C=N–C) groups is 1. The van der Waals surface area contributed by atoms with Gasteiger partial charge in [0.15, 0.2) is 11.8 Å². The fourth-order valence-corrected chi connectivity index (χ4v) is 2.01. The molecule has 3 aromatic rings. The van der Waals surface area contributed by atoms with Crippen LogP contribution in [0.1, 0.15) is 11.7 Å². The van der Waals surface area contributed by atoms with Crippen LogP contribution in [0.3, 0.4) is 0 Å². The maximum absolute atomic E-state index is 5.87. The van der Waals surface area contributed by atoms with Gasteiger partial charge in [0.25, 0.3) is 0 Å². The second kappa shape index (κ2) is 7.28. The Bertz CT molecular complexity index is 830. The summed E-state index contributed by atoms with van der Waals surface area (Å²) in [6, 6.07) is 17.0. The lowest BCUT2D eigenvalue weighted by atomic mass is 10.3. The number of aromatic nitrogens is 2. The summed E-state index contributed by atoms with van der Waals surface area (Å²) in [5.41, 5.74) is 6.64. The number of para-hydroxylation sites is 1. The molecular weight excluding hydrogens is 306 g/mol. The zero-order valence-electron chi connectivity index (χ0n) is 13.1. The van der Waals surface area contributed by atoms with E-state index in [9.17, 15) is 0 Å². The third-order valence-electron chi connectivity index (χ3n) is 3.04. The highest BCUT2D eigenvalue weighted by molar-refractivity contribution is 5.92. The zero-order chi connectivity index (χ0) is 16.8. The SMILES string of the molecule is Cc1noc(CN=C(N)Nc2cccc(Oc3ccccc3)c2)n1. The molecule has 0 aliphatic heterocycles. The second-order valence-corrected chi connectivity index (χ2v) is 5.00. The summed E-state index contributed by atoms with van der Waals surface area (Å²) in [5.74, 6) is 2.70. The van der Waals surface area contributed by atoms with E-state index < -0.39 is 0 Å². The molecule has 0 aliphatic carbocycles. The van der Waals surface area contributed by atoms with Crippen molar-refractivity contribution in [1.29, 1.82) is 0 Å². The van der Waals surface area contributed by atoms with Crippen molar-refractivity contribution in [3.8, 4) is 11.5 Å². The van der Waals surface area contributed by atoms with E-state index in [0.717, 1.165) is 11.4 Å². The van der Waals surface area contributed by atoms with Crippen LogP contribution in [0.25, 0.3) is 0 Å². The summed E-state index contributed by atoms with van der Waals surface area (Å²) in [7, 11) is 0. The van der Waals surface area contributed by atoms with Crippen molar-refractivity contribution in [2.24, 2.45) is 10.7 Å². The molecule has 122 valence electrons. The van der Waals surface area contributed by atoms with Gasteiger partial charge in [0.1, 0.15) is 18.0 Å². The summed E-state index contributed by atoms with van der Waals surface area (Å²) in [5, 5.41) is 6.70. The van der Waals surface area contributed by atoms with E-state index in [0.29, 0.717) is 17.5 Å². The molecule has 0 bridgehead atoms. The third kappa shape index (κ3) is 4.33. The molecule has 0 saturated carbocycles. The fraction of sp³-hybridized carbons (Fsp3) is 0.118. The van der Waals surface area contributed by atoms with Crippen LogP contribution in [0.15, 0.2) is 64.1 Å². The normalized spacial score (nSPS) is 11.3. The van der Waals surface area contributed by atoms with Gasteiger partial charge < -0.3 is 20.3 Å². The Balaban J connectivity index is 1.63. The van der Waals surface area contributed by atoms with Crippen LogP contribution in [0.4, 0.5) is 5.69 Å². The number of nitrogens with zero attached hydrogens (tertiary/aromatic N) is 3. The number of rotatable bonds is 5. The van der Waals surface area contributed by atoms with Crippen molar-refractivity contribution < 1.29 is 9.26 Å². The van der Waals surface area contributed by atoms with Crippen LogP contribution in [0, 0.1) is 6.92 Å². The number of hydrogen-bond acceptors (Lipinski definition) is 5. The number of benzene rings is 2. The number of hydrogen-bond donors (Lipinski definition) is 2. The average Bonchev–Trinajstić information content (AvgIpc) is 3.00. The van der Waals surface area contributed by atoms with Gasteiger partial charge in [0.2, 0.25) is 5.89 Å². The Morgan fingerprint density at radius 1 is 1.17 bits per heavy atom. The van der Waals surface area contributed by atoms with Gasteiger partial charge in [-0.05, 0) is 31.2 Å². The summed E-state index contributed by atoms with van der Waals surface area (Å²) in [4.78, 5) is 8.23. The standard InChI is InChI=1S/C17H17N5O2/c1-12-20-16(24-22-12)11-19-17(18)21-13-6-5-9-15(10-13)23-14-7-3-2-4-8-14/h2-10H,11H2,1H3,(H3,18,19,21). The smallest absolute Gasteiger partial charge is 0.248 e. The van der Waals surface area contributed by atoms with E-state index in [-0.39, 0.29) is 12.5 Å². The van der Waals surface area contributed by atoms with Gasteiger partial charge in [-0.3, -0.25) is 0 Å². The van der Waals surface area contributed by atoms with Gasteiger partial charge in [0.05, 0.1) is 0 Å². The predicted molar refractivity (Wildman–Crippen MR) is 90.9 cm³/mol. The molecule has 2 aromatic carbocycles. The van der Waals surface area contributed by atoms with Gasteiger partial charge >= 0.3 is 0 Å². The molecule has 0 spiro atoms. The molecule has 0 amide bonds. The Hall–Kier alpha value is -3.35. The highest BCUT2D eigenvalue weighted by Crippen LogP contribution is 2.23. The Morgan fingerprint density at radius 2 is 1.96 bits per heavy atom. The highest BCUT2D eigenvalue weighted by atomic mass is 16.5. The predicted octanol–water partition coefficient (Wildman–Crippen LogP) is 3.10. The number of nitrogens with one attached hydrogen (secondary N) is 1. The summed E-state index contributed by atoms with van der Waals surface area (Å²) in [6.07, 6.45) is 0. The van der Waals surface area contributed by atoms with E-state index in [4.69, 9.17) is 15.0 Å². The third-order valence-corrected chi connectivity index (χ3v) is 3.04. The van der Waals surface area contributed by atoms with E-state index in [2.05, 4.69) is 20.4 Å². The highest BCUT2D eigenvalue weighted by Gasteiger charge is 2.03. The van der Waals surface area contributed by atoms with E-state index >= 15 is 0 Å². The topological polar surface area (TPSA) is 98.6 Å². The number of nitrogens with two attached hydrogens (primary N) is 1. The van der Waals surface area contributed by atoms with Crippen LogP contribution in [-0.4, -0.2) is 16.1 Å². The van der Waals surface area contributed by atoms with Gasteiger partial charge in [-0.2, -0.15) is 4.98 Å². The molecule has 7 nitrogen and oxygen atoms in total. The summed E-state index contributed by atoms with van der Waals surface area (Å²) in [6.45, 7) is 1.97. The fourth-order valence-electron chi connectivity index (χ4n) is 2.01. The first-order valence-electron chi connectivity index (χ1n) is 7.38. The Morgan fingerprint density at radius 3 is 2.71 bits per heavy atom. The van der Waals surface area contributed by atoms with Crippen LogP contribution < -0.4 is 15.8 Å². The molecule has 0 aliphatic rings. The maximum Gasteiger partial charge on any atom is 0.248 e. The molecule has 7 heteroatoms. The molecule has 24 heavy (non-hydrogen) atoms. The molecule has 0 atom stereocenters. The minimum atomic E-state index is 0.222. The first-order chi connectivity index (χ1) is 11.7. The summed E-state index contributed by atoms with van der Waals surface area (Å²) < 4.78 is 10.8. The number of aryl methyl sites for hydroxylation is 1. The lowest BCUT2D eigenvalue weighted by Gasteiger charge is -2.09. The quantitative estimate of drug-likeness (QED) is 0.553. The van der Waals surface area contributed by atoms with Gasteiger partial charge in [-0.1, -0.05) is 29.4 Å². The van der Waals surface area contributed by atoms with Crippen molar-refractivity contribution in [1.82, 2.24) is 10.1 Å². The van der Waals surface area contributed by atoms with Crippen LogP contribution in [-0.2, 0) is 6.54 Å². The second-order valence-electron chi connectivity index (χ2n) is 5.00. The first-order valence-corrected chi connectivity index (χ1v) is 7.38. The van der Waals surface area contributed by atoms with Crippen molar-refractivity contribution in [3.05, 3.63) is 66.3 Å². The monoisotopic (exact) mass is 323 g/mol. The lowest BCUT2D eigenvalue weighted by Crippen LogP contribution is -2.22. The minimum absolute atomic E-state index is 0.222. The van der Waals surface area contributed by atoms with Gasteiger partial charge in [0, 0.05) is 11.8 Å². The largest absolute Gasteiger partial charge is 0.457 e. The number of ether oxygens (including phenoxy) is 1. The molecule has 0 radical (unpaired) electrons. The van der Waals surface area contributed by atoms with Crippen molar-refractivity contribution in [2.45, 2.75) is 13.5 Å². The molecule has 3 rings (SSSR count). The zero-order valence-corrected chi connectivity index (χ0v) is 13.1. The van der Waals surface area contributed by atoms with Crippen molar-refractivity contribution in [2.75, 3.05) is 5.32 Å². The van der Waals surface area contributed by atoms with E-state index in [1.165, 1.54) is 0 Å². The van der Waals surface area contributed by atoms with Crippen molar-refractivity contribution >= 4 is 11.6 Å². The lowest BCUT2D eigenvalue weighted by molar-refractivity contribution is 0.376. The van der Waals surface area contributed by atoms with E-state index in [1.54, 1.807) is 6.92 Å². The first kappa shape index (κ1) is 15.5. The van der Waals surface area contributed by atoms with Gasteiger partial charge in [-0.15, -0.1) is 0 Å². The Kier molecular flexibility index (Phi) is 4.71. The number of anilines is 1. The molecule has 3 N–H and O–H groups in total. The van der Waals surface area contributed by atoms with Crippen LogP contribution in [0.5, 0.6) is 11.5 Å². The Labute approximate surface area is 139 Å². The maximum atomic E-state index is 5.87. The average molecular weight is 323 g/mol. The number of guanidine groups is 1. The summed E-state index contributed by atoms with van der Waals surface area (Å²) >= 11 is 0. The molecule has 0 saturated heterocycles. The van der Waals surface area contributed by atoms with Crippen molar-refractivity contribution in [3.63, 3.8) is 0 Å². The molecular formula is C17H17N5O2. The van der Waals surface area contributed by atoms with E-state index in [1.807, 2.05) is 54.6 Å². The minimum Gasteiger partial charge on any atom is -0.457 e. The molecule has 0 unspecified atom stereocenters. The molecule has 1 heterocycles. The van der Waals surface area contributed by atoms with Crippen LogP contribution in [0.2, 0.25) is 0 Å². The van der Waals surface area contributed by atoms with Crippen LogP contribution >= 0.6 is 0 Å².